The fourth-order valence-electron chi connectivity index (χ4n) is 2.19. The van der Waals surface area contributed by atoms with Gasteiger partial charge in [-0.1, -0.05) is 30.3 Å². The van der Waals surface area contributed by atoms with Crippen LogP contribution >= 0.6 is 15.9 Å². The average molecular weight is 425 g/mol. The van der Waals surface area contributed by atoms with Gasteiger partial charge in [0.1, 0.15) is 6.54 Å². The van der Waals surface area contributed by atoms with Crippen molar-refractivity contribution >= 4 is 31.9 Å². The lowest BCUT2D eigenvalue weighted by Gasteiger charge is -2.09. The highest BCUT2D eigenvalue weighted by Crippen LogP contribution is 2.23. The Morgan fingerprint density at radius 2 is 1.71 bits per heavy atom. The van der Waals surface area contributed by atoms with Crippen LogP contribution in [0.5, 0.6) is 0 Å². The molecular weight excluding hydrogens is 413 g/mol. The Morgan fingerprint density at radius 1 is 1.12 bits per heavy atom. The molecule has 0 aliphatic carbocycles. The molecule has 1 atom stereocenters. The Bertz CT molecular complexity index is 814. The summed E-state index contributed by atoms with van der Waals surface area (Å²) in [5, 5.41) is 3.42. The molecule has 2 aromatic rings. The zero-order valence-electron chi connectivity index (χ0n) is 12.0. The molecule has 0 amide bonds. The number of rotatable bonds is 1. The van der Waals surface area contributed by atoms with Gasteiger partial charge in [0.25, 0.3) is 5.82 Å². The standard InChI is InChI=1S/C13H11BrN2.CHF3O3S/c14-12-7-4-8-13-15-9-11(16(12)13)10-5-2-1-3-6-10;2-1(3,4)8(5,6)7/h1-8,11H,9H2;(H,5,6,7). The van der Waals surface area contributed by atoms with Gasteiger partial charge in [0.2, 0.25) is 0 Å². The number of hydrogen-bond acceptors (Lipinski definition) is 4. The van der Waals surface area contributed by atoms with E-state index in [-0.39, 0.29) is 0 Å². The number of anilines is 1. The lowest BCUT2D eigenvalue weighted by atomic mass is 10.1. The van der Waals surface area contributed by atoms with Crippen molar-refractivity contribution in [2.24, 2.45) is 0 Å². The number of alkyl halides is 3. The predicted molar refractivity (Wildman–Crippen MR) is 83.2 cm³/mol. The van der Waals surface area contributed by atoms with Crippen molar-refractivity contribution in [1.29, 1.82) is 0 Å². The number of nitrogens with zero attached hydrogens (tertiary/aromatic N) is 1. The molecule has 1 aliphatic heterocycles. The molecule has 1 aromatic heterocycles. The van der Waals surface area contributed by atoms with E-state index in [0.717, 1.165) is 11.1 Å². The fourth-order valence-corrected chi connectivity index (χ4v) is 2.78. The summed E-state index contributed by atoms with van der Waals surface area (Å²) in [4.78, 5) is 0. The molecule has 24 heavy (non-hydrogen) atoms. The molecule has 3 rings (SSSR count). The third-order valence-electron chi connectivity index (χ3n) is 3.23. The molecule has 0 spiro atoms. The summed E-state index contributed by atoms with van der Waals surface area (Å²) in [6, 6.07) is 17.2. The van der Waals surface area contributed by atoms with Crippen LogP contribution in [-0.2, 0) is 10.1 Å². The van der Waals surface area contributed by atoms with Crippen LogP contribution in [0.2, 0.25) is 0 Å². The fraction of sp³-hybridized carbons (Fsp3) is 0.214. The van der Waals surface area contributed by atoms with Crippen molar-refractivity contribution in [2.75, 3.05) is 11.9 Å². The number of nitrogens with one attached hydrogen (secondary N) is 1. The number of pyridine rings is 1. The van der Waals surface area contributed by atoms with Crippen LogP contribution < -0.4 is 9.88 Å². The maximum atomic E-state index is 10.7. The van der Waals surface area contributed by atoms with E-state index in [1.54, 1.807) is 0 Å². The van der Waals surface area contributed by atoms with Gasteiger partial charge in [-0.15, -0.1) is 0 Å². The van der Waals surface area contributed by atoms with Gasteiger partial charge in [0.15, 0.2) is 20.8 Å². The summed E-state index contributed by atoms with van der Waals surface area (Å²) in [5.41, 5.74) is -4.31. The molecule has 1 aliphatic rings. The Balaban J connectivity index is 0.000000224. The summed E-state index contributed by atoms with van der Waals surface area (Å²) in [7, 11) is -6.09. The van der Waals surface area contributed by atoms with E-state index in [1.165, 1.54) is 11.4 Å². The van der Waals surface area contributed by atoms with Gasteiger partial charge in [0.05, 0.1) is 0 Å². The van der Waals surface area contributed by atoms with Crippen molar-refractivity contribution in [2.45, 2.75) is 11.6 Å². The van der Waals surface area contributed by atoms with Gasteiger partial charge in [-0.25, -0.2) is 13.0 Å². The van der Waals surface area contributed by atoms with Crippen LogP contribution in [0.15, 0.2) is 53.1 Å². The molecule has 0 bridgehead atoms. The van der Waals surface area contributed by atoms with E-state index in [0.29, 0.717) is 6.04 Å². The van der Waals surface area contributed by atoms with E-state index in [2.05, 4.69) is 74.3 Å². The zero-order chi connectivity index (χ0) is 18.0. The van der Waals surface area contributed by atoms with E-state index in [4.69, 9.17) is 13.0 Å². The number of aromatic nitrogens is 1. The second kappa shape index (κ2) is 7.08. The monoisotopic (exact) mass is 424 g/mol. The van der Waals surface area contributed by atoms with E-state index in [1.807, 2.05) is 0 Å². The lowest BCUT2D eigenvalue weighted by Crippen LogP contribution is -2.38. The minimum atomic E-state index is -6.09. The maximum Gasteiger partial charge on any atom is 0.485 e. The molecule has 0 radical (unpaired) electrons. The minimum absolute atomic E-state index is 0.381. The van der Waals surface area contributed by atoms with Crippen molar-refractivity contribution in [3.8, 4) is 0 Å². The maximum absolute atomic E-state index is 10.7. The van der Waals surface area contributed by atoms with Crippen molar-refractivity contribution in [3.63, 3.8) is 0 Å². The quantitative estimate of drug-likeness (QED) is 0.330. The van der Waals surface area contributed by atoms with Crippen LogP contribution in [0.4, 0.5) is 19.0 Å². The van der Waals surface area contributed by atoms with Crippen LogP contribution in [0.25, 0.3) is 0 Å². The van der Waals surface area contributed by atoms with Crippen LogP contribution in [-0.4, -0.2) is 25.0 Å². The van der Waals surface area contributed by atoms with Crippen LogP contribution in [0.3, 0.4) is 0 Å². The molecule has 2 heterocycles. The second-order valence-electron chi connectivity index (χ2n) is 4.81. The predicted octanol–water partition coefficient (Wildman–Crippen LogP) is 2.80. The van der Waals surface area contributed by atoms with Gasteiger partial charge in [-0.2, -0.15) is 13.2 Å². The molecule has 1 N–H and O–H groups in total. The Kier molecular flexibility index (Phi) is 5.51. The zero-order valence-corrected chi connectivity index (χ0v) is 14.4. The van der Waals surface area contributed by atoms with Crippen molar-refractivity contribution in [3.05, 3.63) is 58.7 Å². The second-order valence-corrected chi connectivity index (χ2v) is 6.99. The van der Waals surface area contributed by atoms with Gasteiger partial charge < -0.3 is 4.55 Å². The third kappa shape index (κ3) is 4.25. The highest BCUT2D eigenvalue weighted by molar-refractivity contribution is 9.10. The normalized spacial score (nSPS) is 16.6. The topological polar surface area (TPSA) is 73.1 Å². The Morgan fingerprint density at radius 3 is 2.25 bits per heavy atom. The van der Waals surface area contributed by atoms with E-state index < -0.39 is 15.6 Å². The molecule has 0 fully saturated rings. The summed E-state index contributed by atoms with van der Waals surface area (Å²) >= 11 is 3.61. The molecule has 0 saturated heterocycles. The van der Waals surface area contributed by atoms with Gasteiger partial charge >= 0.3 is 5.51 Å². The van der Waals surface area contributed by atoms with Crippen molar-refractivity contribution < 1.29 is 30.7 Å². The first-order valence-corrected chi connectivity index (χ1v) is 8.82. The minimum Gasteiger partial charge on any atom is -0.741 e. The molecule has 130 valence electrons. The first-order valence-electron chi connectivity index (χ1n) is 6.62. The number of hydrogen-bond donors (Lipinski definition) is 1. The smallest absolute Gasteiger partial charge is 0.485 e. The van der Waals surface area contributed by atoms with Gasteiger partial charge in [0, 0.05) is 11.6 Å². The lowest BCUT2D eigenvalue weighted by molar-refractivity contribution is -0.698. The molecule has 5 nitrogen and oxygen atoms in total. The molecule has 1 unspecified atom stereocenters. The average Bonchev–Trinajstić information content (AvgIpc) is 2.92. The summed E-state index contributed by atoms with van der Waals surface area (Å²) in [6.45, 7) is 0.951. The highest BCUT2D eigenvalue weighted by atomic mass is 79.9. The number of halogens is 4. The van der Waals surface area contributed by atoms with Gasteiger partial charge in [-0.3, -0.25) is 5.32 Å². The van der Waals surface area contributed by atoms with Crippen LogP contribution in [0, 0.1) is 0 Å². The molecule has 10 heteroatoms. The summed E-state index contributed by atoms with van der Waals surface area (Å²) in [6.07, 6.45) is 0. The SMILES string of the molecule is Brc1cccc2[n+]1C(c1ccccc1)CN2.O=S(=O)([O-])C(F)(F)F. The molecule has 1 aromatic carbocycles. The van der Waals surface area contributed by atoms with E-state index in [9.17, 15) is 13.2 Å². The Labute approximate surface area is 145 Å². The first kappa shape index (κ1) is 18.7. The Hall–Kier alpha value is -1.65. The first-order chi connectivity index (χ1) is 11.1. The summed E-state index contributed by atoms with van der Waals surface area (Å²) < 4.78 is 62.3. The highest BCUT2D eigenvalue weighted by Gasteiger charge is 2.37. The van der Waals surface area contributed by atoms with Crippen molar-refractivity contribution in [1.82, 2.24) is 0 Å². The number of benzene rings is 1. The molecular formula is C14H12BrF3N2O3S. The largest absolute Gasteiger partial charge is 0.741 e. The molecule has 0 saturated carbocycles. The van der Waals surface area contributed by atoms with E-state index >= 15 is 0 Å². The number of fused-ring (bicyclic) bond motifs is 1. The van der Waals surface area contributed by atoms with Crippen LogP contribution in [0.1, 0.15) is 11.6 Å². The third-order valence-corrected chi connectivity index (χ3v) is 4.45. The summed E-state index contributed by atoms with van der Waals surface area (Å²) in [5.74, 6) is 1.17. The van der Waals surface area contributed by atoms with Gasteiger partial charge in [-0.05, 0) is 28.1 Å².